The lowest BCUT2D eigenvalue weighted by Gasteiger charge is -2.29. The van der Waals surface area contributed by atoms with Crippen LogP contribution in [0.4, 0.5) is 0 Å². The van der Waals surface area contributed by atoms with Gasteiger partial charge in [-0.2, -0.15) is 6.66 Å². The van der Waals surface area contributed by atoms with Gasteiger partial charge in [0, 0.05) is 11.5 Å². The summed E-state index contributed by atoms with van der Waals surface area (Å²) in [5, 5.41) is 3.94. The molecule has 0 saturated carbocycles. The van der Waals surface area contributed by atoms with E-state index in [-0.39, 0.29) is 5.56 Å². The van der Waals surface area contributed by atoms with Gasteiger partial charge in [-0.3, -0.25) is 9.78 Å². The van der Waals surface area contributed by atoms with Crippen LogP contribution in [-0.4, -0.2) is 4.98 Å². The van der Waals surface area contributed by atoms with E-state index < -0.39 is 7.26 Å². The molecular formula is C22H18NOP. The van der Waals surface area contributed by atoms with Crippen molar-refractivity contribution in [2.24, 2.45) is 0 Å². The lowest BCUT2D eigenvalue weighted by Crippen LogP contribution is -2.33. The zero-order valence-corrected chi connectivity index (χ0v) is 14.6. The Labute approximate surface area is 147 Å². The van der Waals surface area contributed by atoms with Crippen LogP contribution in [0.25, 0.3) is 10.8 Å². The number of benzene rings is 3. The Balaban J connectivity index is 2.04. The Morgan fingerprint density at radius 3 is 1.84 bits per heavy atom. The first kappa shape index (κ1) is 15.8. The fourth-order valence-corrected chi connectivity index (χ4v) is 6.06. The quantitative estimate of drug-likeness (QED) is 0.447. The molecule has 0 unspecified atom stereocenters. The van der Waals surface area contributed by atoms with Crippen LogP contribution in [-0.2, 0) is 0 Å². The summed E-state index contributed by atoms with van der Waals surface area (Å²) in [6, 6.07) is 30.3. The van der Waals surface area contributed by atoms with Gasteiger partial charge in [-0.15, -0.1) is 0 Å². The summed E-state index contributed by atoms with van der Waals surface area (Å²) < 4.78 is 0. The zero-order valence-electron chi connectivity index (χ0n) is 13.7. The second-order valence-corrected chi connectivity index (χ2v) is 9.19. The van der Waals surface area contributed by atoms with Crippen LogP contribution in [0.3, 0.4) is 0 Å². The van der Waals surface area contributed by atoms with Gasteiger partial charge in [-0.25, -0.2) is 0 Å². The molecule has 0 amide bonds. The van der Waals surface area contributed by atoms with Crippen LogP contribution in [0.1, 0.15) is 0 Å². The smallest absolute Gasteiger partial charge is 0.258 e. The SMILES string of the molecule is [CH2-][P+](c1ccccc1)(c1ccccc1)c1cc2ccccc2c(=O)[nH]1. The van der Waals surface area contributed by atoms with Crippen LogP contribution in [0.2, 0.25) is 0 Å². The molecule has 0 atom stereocenters. The summed E-state index contributed by atoms with van der Waals surface area (Å²) in [6.07, 6.45) is 0. The van der Waals surface area contributed by atoms with Crippen molar-refractivity contribution in [2.75, 3.05) is 0 Å². The molecule has 3 aromatic carbocycles. The van der Waals surface area contributed by atoms with Crippen molar-refractivity contribution in [1.82, 2.24) is 4.98 Å². The van der Waals surface area contributed by atoms with Crippen molar-refractivity contribution in [3.8, 4) is 0 Å². The summed E-state index contributed by atoms with van der Waals surface area (Å²) in [4.78, 5) is 15.8. The number of fused-ring (bicyclic) bond motifs is 1. The second-order valence-electron chi connectivity index (χ2n) is 6.05. The van der Waals surface area contributed by atoms with E-state index in [0.717, 1.165) is 21.4 Å². The van der Waals surface area contributed by atoms with Crippen LogP contribution >= 0.6 is 7.26 Å². The van der Waals surface area contributed by atoms with Crippen molar-refractivity contribution in [3.63, 3.8) is 0 Å². The molecule has 1 heterocycles. The average molecular weight is 343 g/mol. The van der Waals surface area contributed by atoms with Gasteiger partial charge in [-0.1, -0.05) is 54.6 Å². The zero-order chi connectivity index (χ0) is 17.3. The summed E-state index contributed by atoms with van der Waals surface area (Å²) >= 11 is 0. The Morgan fingerprint density at radius 2 is 1.24 bits per heavy atom. The molecule has 0 aliphatic heterocycles. The molecule has 0 fully saturated rings. The minimum Gasteiger partial charge on any atom is -0.294 e. The van der Waals surface area contributed by atoms with E-state index >= 15 is 0 Å². The van der Waals surface area contributed by atoms with Gasteiger partial charge in [0.1, 0.15) is 5.44 Å². The summed E-state index contributed by atoms with van der Waals surface area (Å²) in [5.74, 6) is 0. The van der Waals surface area contributed by atoms with Crippen LogP contribution < -0.4 is 21.6 Å². The highest BCUT2D eigenvalue weighted by atomic mass is 31.2. The van der Waals surface area contributed by atoms with Crippen LogP contribution in [0.5, 0.6) is 0 Å². The lowest BCUT2D eigenvalue weighted by molar-refractivity contribution is 1.32. The Hall–Kier alpha value is -2.70. The maximum Gasteiger partial charge on any atom is 0.258 e. The van der Waals surface area contributed by atoms with Crippen molar-refractivity contribution in [2.45, 2.75) is 0 Å². The van der Waals surface area contributed by atoms with E-state index in [1.807, 2.05) is 60.7 Å². The number of rotatable bonds is 3. The van der Waals surface area contributed by atoms with Gasteiger partial charge in [0.05, 0.1) is 10.6 Å². The summed E-state index contributed by atoms with van der Waals surface area (Å²) in [5.41, 5.74) is 0.835. The third kappa shape index (κ3) is 2.69. The van der Waals surface area contributed by atoms with Gasteiger partial charge in [0.15, 0.2) is 0 Å². The van der Waals surface area contributed by atoms with Gasteiger partial charge >= 0.3 is 0 Å². The molecule has 4 rings (SSSR count). The third-order valence-electron chi connectivity index (χ3n) is 4.54. The number of pyridine rings is 1. The van der Waals surface area contributed by atoms with Crippen LogP contribution in [0.15, 0.2) is 95.8 Å². The number of hydrogen-bond acceptors (Lipinski definition) is 1. The topological polar surface area (TPSA) is 32.9 Å². The highest BCUT2D eigenvalue weighted by Gasteiger charge is 2.34. The molecule has 0 saturated heterocycles. The number of aromatic nitrogens is 1. The molecule has 0 aliphatic rings. The van der Waals surface area contributed by atoms with E-state index in [0.29, 0.717) is 5.39 Å². The molecule has 0 spiro atoms. The largest absolute Gasteiger partial charge is 0.294 e. The van der Waals surface area contributed by atoms with E-state index in [9.17, 15) is 4.79 Å². The van der Waals surface area contributed by atoms with Crippen molar-refractivity contribution < 1.29 is 0 Å². The maximum atomic E-state index is 12.6. The molecule has 4 aromatic rings. The molecule has 0 bridgehead atoms. The number of H-pyrrole nitrogens is 1. The fraction of sp³-hybridized carbons (Fsp3) is 0. The van der Waals surface area contributed by atoms with Crippen molar-refractivity contribution in [3.05, 3.63) is 108 Å². The predicted octanol–water partition coefficient (Wildman–Crippen LogP) is 3.61. The molecule has 122 valence electrons. The predicted molar refractivity (Wildman–Crippen MR) is 109 cm³/mol. The van der Waals surface area contributed by atoms with Crippen molar-refractivity contribution >= 4 is 34.1 Å². The standard InChI is InChI=1S/C22H18NOP/c1-25(18-11-4-2-5-12-18,19-13-6-3-7-14-19)21-16-17-10-8-9-15-20(17)22(24)23-21/h2-16H,1H2,(H,23,24). The first-order valence-electron chi connectivity index (χ1n) is 8.17. The minimum absolute atomic E-state index is 0.0620. The molecule has 0 radical (unpaired) electrons. The number of nitrogens with one attached hydrogen (secondary N) is 1. The van der Waals surface area contributed by atoms with E-state index in [1.165, 1.54) is 0 Å². The van der Waals surface area contributed by atoms with Gasteiger partial charge in [-0.05, 0) is 43.0 Å². The lowest BCUT2D eigenvalue weighted by atomic mass is 10.2. The van der Waals surface area contributed by atoms with Crippen molar-refractivity contribution in [1.29, 1.82) is 0 Å². The Morgan fingerprint density at radius 1 is 0.720 bits per heavy atom. The highest BCUT2D eigenvalue weighted by Crippen LogP contribution is 2.53. The summed E-state index contributed by atoms with van der Waals surface area (Å²) in [7, 11) is -2.16. The van der Waals surface area contributed by atoms with Crippen LogP contribution in [0, 0.1) is 6.66 Å². The fourth-order valence-electron chi connectivity index (χ4n) is 3.19. The Kier molecular flexibility index (Phi) is 3.99. The monoisotopic (exact) mass is 343 g/mol. The molecule has 0 aliphatic carbocycles. The summed E-state index contributed by atoms with van der Waals surface area (Å²) in [6.45, 7) is 4.67. The maximum absolute atomic E-state index is 12.6. The highest BCUT2D eigenvalue weighted by molar-refractivity contribution is 7.96. The molecule has 1 aromatic heterocycles. The molecule has 2 nitrogen and oxygen atoms in total. The first-order chi connectivity index (χ1) is 12.2. The normalized spacial score (nSPS) is 11.6. The van der Waals surface area contributed by atoms with Gasteiger partial charge in [0.2, 0.25) is 0 Å². The molecule has 3 heteroatoms. The van der Waals surface area contributed by atoms with E-state index in [4.69, 9.17) is 0 Å². The van der Waals surface area contributed by atoms with Gasteiger partial charge < -0.3 is 0 Å². The molecule has 1 N–H and O–H groups in total. The molecule has 25 heavy (non-hydrogen) atoms. The second kappa shape index (κ2) is 6.31. The Bertz CT molecular complexity index is 1030. The first-order valence-corrected chi connectivity index (χ1v) is 10.1. The average Bonchev–Trinajstić information content (AvgIpc) is 2.68. The number of aromatic amines is 1. The molecular weight excluding hydrogens is 325 g/mol. The number of hydrogen-bond donors (Lipinski definition) is 1. The van der Waals surface area contributed by atoms with Gasteiger partial charge in [0.25, 0.3) is 5.56 Å². The minimum atomic E-state index is -2.16. The van der Waals surface area contributed by atoms with E-state index in [2.05, 4.69) is 42.0 Å². The third-order valence-corrected chi connectivity index (χ3v) is 7.97. The van der Waals surface area contributed by atoms with E-state index in [1.54, 1.807) is 0 Å².